The maximum atomic E-state index is 8.96. The second-order valence-electron chi connectivity index (χ2n) is 7.42. The number of nitrogens with zero attached hydrogens (tertiary/aromatic N) is 1. The van der Waals surface area contributed by atoms with E-state index in [1.54, 1.807) is 0 Å². The van der Waals surface area contributed by atoms with Gasteiger partial charge < -0.3 is 0 Å². The molecule has 0 bridgehead atoms. The molecule has 0 aromatic carbocycles. The van der Waals surface area contributed by atoms with Crippen LogP contribution in [-0.2, 0) is 0 Å². The van der Waals surface area contributed by atoms with Crippen molar-refractivity contribution in [1.29, 1.82) is 5.26 Å². The van der Waals surface area contributed by atoms with Gasteiger partial charge in [-0.05, 0) is 75.5 Å². The molecule has 1 nitrogen and oxygen atoms in total. The summed E-state index contributed by atoms with van der Waals surface area (Å²) in [7, 11) is 0. The Balaban J connectivity index is 1.58. The standard InChI is InChI=1S/C20H33N/c1-2-3-4-5-17-6-8-18(9-7-17)10-11-19-12-14-20(16-21)15-13-19/h4-5,17-20H,2-3,6-15H2,1H3/b5-4+/t17-,18-,19-,20-. The van der Waals surface area contributed by atoms with E-state index in [9.17, 15) is 0 Å². The van der Waals surface area contributed by atoms with Gasteiger partial charge in [0.25, 0.3) is 0 Å². The average Bonchev–Trinajstić information content (AvgIpc) is 2.55. The zero-order valence-corrected chi connectivity index (χ0v) is 13.9. The van der Waals surface area contributed by atoms with Crippen molar-refractivity contribution in [3.05, 3.63) is 12.2 Å². The largest absolute Gasteiger partial charge is 0.198 e. The summed E-state index contributed by atoms with van der Waals surface area (Å²) in [5, 5.41) is 8.96. The van der Waals surface area contributed by atoms with Crippen LogP contribution in [0.5, 0.6) is 0 Å². The Morgan fingerprint density at radius 2 is 1.48 bits per heavy atom. The third-order valence-electron chi connectivity index (χ3n) is 5.77. The van der Waals surface area contributed by atoms with Gasteiger partial charge in [0.2, 0.25) is 0 Å². The zero-order valence-electron chi connectivity index (χ0n) is 13.9. The van der Waals surface area contributed by atoms with Gasteiger partial charge in [0.1, 0.15) is 0 Å². The minimum absolute atomic E-state index is 0.367. The molecule has 0 amide bonds. The first-order valence-corrected chi connectivity index (χ1v) is 9.38. The van der Waals surface area contributed by atoms with Crippen molar-refractivity contribution in [3.8, 4) is 6.07 Å². The maximum Gasteiger partial charge on any atom is 0.0655 e. The summed E-state index contributed by atoms with van der Waals surface area (Å²) in [6.07, 6.45) is 21.0. The van der Waals surface area contributed by atoms with Gasteiger partial charge in [0, 0.05) is 5.92 Å². The summed E-state index contributed by atoms with van der Waals surface area (Å²) in [5.41, 5.74) is 0. The van der Waals surface area contributed by atoms with Crippen LogP contribution < -0.4 is 0 Å². The first-order valence-electron chi connectivity index (χ1n) is 9.38. The third kappa shape index (κ3) is 5.85. The monoisotopic (exact) mass is 287 g/mol. The van der Waals surface area contributed by atoms with Crippen LogP contribution in [0.4, 0.5) is 0 Å². The molecule has 0 heterocycles. The lowest BCUT2D eigenvalue weighted by Crippen LogP contribution is -2.17. The second kappa shape index (κ2) is 9.29. The molecule has 2 rings (SSSR count). The molecule has 1 heteroatoms. The van der Waals surface area contributed by atoms with Crippen molar-refractivity contribution >= 4 is 0 Å². The molecule has 0 N–H and O–H groups in total. The quantitative estimate of drug-likeness (QED) is 0.529. The van der Waals surface area contributed by atoms with E-state index in [1.807, 2.05) is 0 Å². The fourth-order valence-corrected chi connectivity index (χ4v) is 4.18. The van der Waals surface area contributed by atoms with Crippen molar-refractivity contribution in [3.63, 3.8) is 0 Å². The Bertz CT molecular complexity index is 335. The first-order chi connectivity index (χ1) is 10.3. The van der Waals surface area contributed by atoms with Crippen LogP contribution >= 0.6 is 0 Å². The van der Waals surface area contributed by atoms with E-state index in [1.165, 1.54) is 64.2 Å². The van der Waals surface area contributed by atoms with Gasteiger partial charge in [-0.3, -0.25) is 0 Å². The van der Waals surface area contributed by atoms with E-state index < -0.39 is 0 Å². The van der Waals surface area contributed by atoms with E-state index in [-0.39, 0.29) is 0 Å². The molecule has 0 spiro atoms. The predicted molar refractivity (Wildman–Crippen MR) is 89.8 cm³/mol. The Kier molecular flexibility index (Phi) is 7.34. The van der Waals surface area contributed by atoms with Gasteiger partial charge >= 0.3 is 0 Å². The van der Waals surface area contributed by atoms with E-state index >= 15 is 0 Å². The molecule has 118 valence electrons. The van der Waals surface area contributed by atoms with E-state index in [2.05, 4.69) is 25.1 Å². The lowest BCUT2D eigenvalue weighted by molar-refractivity contribution is 0.242. The number of allylic oxidation sites excluding steroid dienone is 2. The van der Waals surface area contributed by atoms with Crippen molar-refractivity contribution in [2.45, 2.75) is 84.0 Å². The molecule has 0 atom stereocenters. The van der Waals surface area contributed by atoms with Crippen LogP contribution in [0.2, 0.25) is 0 Å². The summed E-state index contributed by atoms with van der Waals surface area (Å²) < 4.78 is 0. The van der Waals surface area contributed by atoms with Crippen LogP contribution in [0.25, 0.3) is 0 Å². The minimum Gasteiger partial charge on any atom is -0.198 e. The predicted octanol–water partition coefficient (Wildman–Crippen LogP) is 6.26. The number of rotatable bonds is 6. The van der Waals surface area contributed by atoms with E-state index in [4.69, 9.17) is 5.26 Å². The second-order valence-corrected chi connectivity index (χ2v) is 7.42. The Morgan fingerprint density at radius 3 is 2.00 bits per heavy atom. The van der Waals surface area contributed by atoms with Gasteiger partial charge in [-0.2, -0.15) is 5.26 Å². The fraction of sp³-hybridized carbons (Fsp3) is 0.850. The van der Waals surface area contributed by atoms with Crippen LogP contribution in [0.1, 0.15) is 84.0 Å². The molecule has 2 saturated carbocycles. The Labute approximate surface area is 131 Å². The molecule has 2 fully saturated rings. The Morgan fingerprint density at radius 1 is 0.905 bits per heavy atom. The summed E-state index contributed by atoms with van der Waals surface area (Å²) in [4.78, 5) is 0. The average molecular weight is 287 g/mol. The summed E-state index contributed by atoms with van der Waals surface area (Å²) in [5.74, 6) is 3.16. The van der Waals surface area contributed by atoms with Gasteiger partial charge in [-0.1, -0.05) is 38.3 Å². The van der Waals surface area contributed by atoms with Gasteiger partial charge in [-0.15, -0.1) is 0 Å². The lowest BCUT2D eigenvalue weighted by Gasteiger charge is -2.30. The molecule has 0 radical (unpaired) electrons. The minimum atomic E-state index is 0.367. The first kappa shape index (κ1) is 16.6. The normalized spacial score (nSPS) is 33.9. The van der Waals surface area contributed by atoms with Crippen molar-refractivity contribution in [2.24, 2.45) is 23.7 Å². The van der Waals surface area contributed by atoms with E-state index in [0.29, 0.717) is 5.92 Å². The highest BCUT2D eigenvalue weighted by atomic mass is 14.3. The molecule has 2 aliphatic carbocycles. The van der Waals surface area contributed by atoms with E-state index in [0.717, 1.165) is 30.6 Å². The van der Waals surface area contributed by atoms with Crippen LogP contribution in [0.3, 0.4) is 0 Å². The molecule has 0 saturated heterocycles. The van der Waals surface area contributed by atoms with Crippen LogP contribution in [0.15, 0.2) is 12.2 Å². The highest BCUT2D eigenvalue weighted by molar-refractivity contribution is 4.91. The van der Waals surface area contributed by atoms with Gasteiger partial charge in [0.15, 0.2) is 0 Å². The van der Waals surface area contributed by atoms with Crippen molar-refractivity contribution < 1.29 is 0 Å². The van der Waals surface area contributed by atoms with Crippen LogP contribution in [0, 0.1) is 35.0 Å². The molecule has 2 aliphatic rings. The Hall–Kier alpha value is -0.770. The molecule has 0 unspecified atom stereocenters. The maximum absolute atomic E-state index is 8.96. The molecule has 21 heavy (non-hydrogen) atoms. The highest BCUT2D eigenvalue weighted by Crippen LogP contribution is 2.36. The third-order valence-corrected chi connectivity index (χ3v) is 5.77. The fourth-order valence-electron chi connectivity index (χ4n) is 4.18. The smallest absolute Gasteiger partial charge is 0.0655 e. The topological polar surface area (TPSA) is 23.8 Å². The number of hydrogen-bond donors (Lipinski definition) is 0. The number of hydrogen-bond acceptors (Lipinski definition) is 1. The van der Waals surface area contributed by atoms with Crippen LogP contribution in [-0.4, -0.2) is 0 Å². The van der Waals surface area contributed by atoms with Gasteiger partial charge in [-0.25, -0.2) is 0 Å². The molecule has 0 aromatic rings. The molecule has 0 aliphatic heterocycles. The molecular formula is C20H33N. The van der Waals surface area contributed by atoms with Crippen molar-refractivity contribution in [1.82, 2.24) is 0 Å². The lowest BCUT2D eigenvalue weighted by atomic mass is 9.76. The zero-order chi connectivity index (χ0) is 14.9. The molecular weight excluding hydrogens is 254 g/mol. The van der Waals surface area contributed by atoms with Gasteiger partial charge in [0.05, 0.1) is 6.07 Å². The summed E-state index contributed by atoms with van der Waals surface area (Å²) in [6, 6.07) is 2.45. The summed E-state index contributed by atoms with van der Waals surface area (Å²) >= 11 is 0. The number of unbranched alkanes of at least 4 members (excludes halogenated alkanes) is 1. The summed E-state index contributed by atoms with van der Waals surface area (Å²) in [6.45, 7) is 2.26. The van der Waals surface area contributed by atoms with Crippen molar-refractivity contribution in [2.75, 3.05) is 0 Å². The SMILES string of the molecule is CCC/C=C/[C@H]1CC[C@H](CC[C@H]2CC[C@H](C#N)CC2)CC1. The number of nitriles is 1. The highest BCUT2D eigenvalue weighted by Gasteiger charge is 2.23. The molecule has 0 aromatic heterocycles.